The number of halogens is 4. The molecule has 98 valence electrons. The number of carbonyl (C=O) groups excluding carboxylic acids is 1. The zero-order valence-electron chi connectivity index (χ0n) is 9.38. The molecule has 6 heteroatoms. The van der Waals surface area contributed by atoms with Gasteiger partial charge in [-0.05, 0) is 90.8 Å². The Hall–Kier alpha value is -0.110. The lowest BCUT2D eigenvalue weighted by atomic mass is 10.2. The number of anilines is 1. The quantitative estimate of drug-likeness (QED) is 0.510. The monoisotopic (exact) mass is 513 g/mol. The molecule has 2 aromatic carbocycles. The van der Waals surface area contributed by atoms with Gasteiger partial charge in [-0.15, -0.1) is 0 Å². The highest BCUT2D eigenvalue weighted by molar-refractivity contribution is 14.1. The van der Waals surface area contributed by atoms with Crippen LogP contribution in [0.5, 0.6) is 0 Å². The van der Waals surface area contributed by atoms with Crippen LogP contribution in [0.1, 0.15) is 10.4 Å². The molecule has 0 aliphatic heterocycles. The lowest BCUT2D eigenvalue weighted by Gasteiger charge is -2.10. The van der Waals surface area contributed by atoms with Crippen LogP contribution in [0.25, 0.3) is 0 Å². The van der Waals surface area contributed by atoms with Crippen molar-refractivity contribution in [2.45, 2.75) is 0 Å². The first-order chi connectivity index (χ1) is 8.97. The van der Waals surface area contributed by atoms with Gasteiger partial charge in [0.15, 0.2) is 0 Å². The molecule has 0 aliphatic carbocycles. The fraction of sp³-hybridized carbons (Fsp3) is 0. The molecule has 0 saturated carbocycles. The molecule has 0 heterocycles. The van der Waals surface area contributed by atoms with Crippen molar-refractivity contribution in [2.24, 2.45) is 0 Å². The molecule has 0 unspecified atom stereocenters. The molecular formula is C13H7Br2ClINO. The maximum Gasteiger partial charge on any atom is 0.255 e. The molecule has 2 aromatic rings. The summed E-state index contributed by atoms with van der Waals surface area (Å²) in [6, 6.07) is 10.8. The van der Waals surface area contributed by atoms with E-state index >= 15 is 0 Å². The van der Waals surface area contributed by atoms with Gasteiger partial charge in [-0.25, -0.2) is 0 Å². The van der Waals surface area contributed by atoms with E-state index in [1.165, 1.54) is 0 Å². The number of carbonyl (C=O) groups is 1. The molecule has 2 nitrogen and oxygen atoms in total. The van der Waals surface area contributed by atoms with E-state index in [1.54, 1.807) is 24.3 Å². The summed E-state index contributed by atoms with van der Waals surface area (Å²) in [6.07, 6.45) is 0. The zero-order chi connectivity index (χ0) is 14.0. The van der Waals surface area contributed by atoms with E-state index in [9.17, 15) is 4.79 Å². The summed E-state index contributed by atoms with van der Waals surface area (Å²) >= 11 is 14.9. The van der Waals surface area contributed by atoms with E-state index in [2.05, 4.69) is 59.8 Å². The van der Waals surface area contributed by atoms with E-state index in [0.29, 0.717) is 16.3 Å². The zero-order valence-corrected chi connectivity index (χ0v) is 15.5. The van der Waals surface area contributed by atoms with Gasteiger partial charge in [-0.2, -0.15) is 0 Å². The van der Waals surface area contributed by atoms with Gasteiger partial charge >= 0.3 is 0 Å². The van der Waals surface area contributed by atoms with Gasteiger partial charge in [0, 0.05) is 23.1 Å². The lowest BCUT2D eigenvalue weighted by Crippen LogP contribution is -2.12. The normalized spacial score (nSPS) is 10.3. The molecule has 0 bridgehead atoms. The van der Waals surface area contributed by atoms with Gasteiger partial charge in [-0.1, -0.05) is 11.6 Å². The first-order valence-corrected chi connectivity index (χ1v) is 8.23. The predicted molar refractivity (Wildman–Crippen MR) is 94.0 cm³/mol. The second-order valence-electron chi connectivity index (χ2n) is 3.71. The Balaban J connectivity index is 2.26. The van der Waals surface area contributed by atoms with E-state index in [0.717, 1.165) is 12.5 Å². The van der Waals surface area contributed by atoms with Gasteiger partial charge < -0.3 is 5.32 Å². The molecule has 1 N–H and O–H groups in total. The fourth-order valence-electron chi connectivity index (χ4n) is 1.45. The number of hydrogen-bond acceptors (Lipinski definition) is 1. The van der Waals surface area contributed by atoms with Gasteiger partial charge in [0.1, 0.15) is 0 Å². The molecule has 2 rings (SSSR count). The number of rotatable bonds is 2. The highest BCUT2D eigenvalue weighted by atomic mass is 127. The van der Waals surface area contributed by atoms with E-state index in [1.807, 2.05) is 12.1 Å². The lowest BCUT2D eigenvalue weighted by molar-refractivity contribution is 0.102. The largest absolute Gasteiger partial charge is 0.320 e. The summed E-state index contributed by atoms with van der Waals surface area (Å²) in [5.74, 6) is -0.167. The van der Waals surface area contributed by atoms with Crippen LogP contribution in [-0.2, 0) is 0 Å². The van der Waals surface area contributed by atoms with Crippen LogP contribution >= 0.6 is 66.1 Å². The van der Waals surface area contributed by atoms with Crippen molar-refractivity contribution in [3.63, 3.8) is 0 Å². The van der Waals surface area contributed by atoms with Crippen LogP contribution in [-0.4, -0.2) is 5.91 Å². The molecule has 0 aliphatic rings. The number of nitrogens with one attached hydrogen (secondary N) is 1. The second-order valence-corrected chi connectivity index (χ2v) is 7.10. The number of hydrogen-bond donors (Lipinski definition) is 1. The van der Waals surface area contributed by atoms with Gasteiger partial charge in [0.25, 0.3) is 5.91 Å². The molecule has 0 atom stereocenters. The molecule has 0 fully saturated rings. The molecule has 0 saturated heterocycles. The smallest absolute Gasteiger partial charge is 0.255 e. The van der Waals surface area contributed by atoms with Crippen LogP contribution in [0, 0.1) is 3.57 Å². The van der Waals surface area contributed by atoms with Crippen LogP contribution in [0.4, 0.5) is 5.69 Å². The molecule has 0 aromatic heterocycles. The summed E-state index contributed by atoms with van der Waals surface area (Å²) in [5.41, 5.74) is 1.27. The fourth-order valence-corrected chi connectivity index (χ4v) is 3.67. The standard InChI is InChI=1S/C13H7Br2ClINO/c14-10-5-8(16)6-11(15)12(10)18-13(19)7-1-3-9(17)4-2-7/h1-6H,(H,18,19). The van der Waals surface area contributed by atoms with Crippen LogP contribution < -0.4 is 5.32 Å². The minimum absolute atomic E-state index is 0.167. The topological polar surface area (TPSA) is 29.1 Å². The maximum absolute atomic E-state index is 12.1. The second kappa shape index (κ2) is 6.56. The van der Waals surface area contributed by atoms with Gasteiger partial charge in [0.2, 0.25) is 0 Å². The van der Waals surface area contributed by atoms with Crippen molar-refractivity contribution in [3.8, 4) is 0 Å². The summed E-state index contributed by atoms with van der Waals surface area (Å²) in [7, 11) is 0. The van der Waals surface area contributed by atoms with Crippen molar-refractivity contribution >= 4 is 77.6 Å². The minimum Gasteiger partial charge on any atom is -0.320 e. The molecule has 0 radical (unpaired) electrons. The van der Waals surface area contributed by atoms with E-state index in [4.69, 9.17) is 11.6 Å². The van der Waals surface area contributed by atoms with E-state index < -0.39 is 0 Å². The predicted octanol–water partition coefficient (Wildman–Crippen LogP) is 5.72. The third-order valence-electron chi connectivity index (χ3n) is 2.35. The third-order valence-corrected chi connectivity index (χ3v) is 4.54. The Kier molecular flexibility index (Phi) is 5.28. The van der Waals surface area contributed by atoms with Crippen molar-refractivity contribution in [3.05, 3.63) is 59.5 Å². The van der Waals surface area contributed by atoms with Crippen molar-refractivity contribution in [1.82, 2.24) is 0 Å². The summed E-state index contributed by atoms with van der Waals surface area (Å²) in [4.78, 5) is 12.1. The summed E-state index contributed by atoms with van der Waals surface area (Å²) in [6.45, 7) is 0. The molecule has 1 amide bonds. The maximum atomic E-state index is 12.1. The Bertz CT molecular complexity index is 608. The van der Waals surface area contributed by atoms with Crippen LogP contribution in [0.15, 0.2) is 45.3 Å². The minimum atomic E-state index is -0.167. The SMILES string of the molecule is O=C(Nc1c(Br)cc(Cl)cc1Br)c1ccc(I)cc1. The number of amides is 1. The van der Waals surface area contributed by atoms with Crippen LogP contribution in [0.3, 0.4) is 0 Å². The van der Waals surface area contributed by atoms with Gasteiger partial charge in [-0.3, -0.25) is 4.79 Å². The van der Waals surface area contributed by atoms with Crippen LogP contribution in [0.2, 0.25) is 5.02 Å². The average molecular weight is 515 g/mol. The Morgan fingerprint density at radius 1 is 1.11 bits per heavy atom. The summed E-state index contributed by atoms with van der Waals surface area (Å²) in [5, 5.41) is 3.44. The van der Waals surface area contributed by atoms with E-state index in [-0.39, 0.29) is 5.91 Å². The van der Waals surface area contributed by atoms with Gasteiger partial charge in [0.05, 0.1) is 5.69 Å². The number of benzene rings is 2. The van der Waals surface area contributed by atoms with Crippen molar-refractivity contribution in [2.75, 3.05) is 5.32 Å². The Morgan fingerprint density at radius 2 is 1.63 bits per heavy atom. The Morgan fingerprint density at radius 3 is 2.16 bits per heavy atom. The molecule has 19 heavy (non-hydrogen) atoms. The first-order valence-electron chi connectivity index (χ1n) is 5.19. The Labute approximate surface area is 146 Å². The van der Waals surface area contributed by atoms with Crippen molar-refractivity contribution < 1.29 is 4.79 Å². The first kappa shape index (κ1) is 15.3. The highest BCUT2D eigenvalue weighted by Crippen LogP contribution is 2.34. The molecule has 0 spiro atoms. The van der Waals surface area contributed by atoms with Crippen molar-refractivity contribution in [1.29, 1.82) is 0 Å². The highest BCUT2D eigenvalue weighted by Gasteiger charge is 2.12. The average Bonchev–Trinajstić information content (AvgIpc) is 2.34. The summed E-state index contributed by atoms with van der Waals surface area (Å²) < 4.78 is 2.54. The molecular weight excluding hydrogens is 508 g/mol. The third kappa shape index (κ3) is 3.93.